The second-order valence-electron chi connectivity index (χ2n) is 5.70. The summed E-state index contributed by atoms with van der Waals surface area (Å²) in [5, 5.41) is 22.6. The van der Waals surface area contributed by atoms with E-state index in [1.165, 1.54) is 30.3 Å². The normalized spacial score (nSPS) is 10.7. The fourth-order valence-corrected chi connectivity index (χ4v) is 2.21. The molecule has 2 aromatic rings. The lowest BCUT2D eigenvalue weighted by atomic mass is 10.1. The maximum Gasteiger partial charge on any atom is 0.271 e. The van der Waals surface area contributed by atoms with Gasteiger partial charge in [-0.25, -0.2) is 0 Å². The molecule has 0 spiro atoms. The zero-order valence-corrected chi connectivity index (χ0v) is 14.8. The molecule has 2 rings (SSSR count). The van der Waals surface area contributed by atoms with Gasteiger partial charge in [-0.05, 0) is 36.3 Å². The third-order valence-corrected chi connectivity index (χ3v) is 3.64. The average Bonchev–Trinajstić information content (AvgIpc) is 2.67. The van der Waals surface area contributed by atoms with Gasteiger partial charge in [0.15, 0.2) is 0 Å². The van der Waals surface area contributed by atoms with Crippen molar-refractivity contribution in [3.63, 3.8) is 0 Å². The van der Waals surface area contributed by atoms with Gasteiger partial charge in [-0.2, -0.15) is 5.26 Å². The van der Waals surface area contributed by atoms with Crippen molar-refractivity contribution in [3.05, 3.63) is 69.8 Å². The molecule has 0 aromatic heterocycles. The van der Waals surface area contributed by atoms with E-state index in [-0.39, 0.29) is 16.9 Å². The van der Waals surface area contributed by atoms with Crippen LogP contribution in [0.3, 0.4) is 0 Å². The monoisotopic (exact) mass is 365 g/mol. The molecule has 138 valence electrons. The Labute approximate surface area is 157 Å². The number of hydrogen-bond donors (Lipinski definition) is 1. The molecule has 0 heterocycles. The van der Waals surface area contributed by atoms with Gasteiger partial charge in [-0.1, -0.05) is 31.5 Å². The molecule has 0 unspecified atom stereocenters. The first-order valence-electron chi connectivity index (χ1n) is 8.44. The number of unbranched alkanes of at least 4 members (excludes halogenated alkanes) is 1. The summed E-state index contributed by atoms with van der Waals surface area (Å²) in [5.41, 5.74) is 0.661. The van der Waals surface area contributed by atoms with Crippen LogP contribution in [-0.2, 0) is 4.79 Å². The first-order chi connectivity index (χ1) is 13.0. The fourth-order valence-electron chi connectivity index (χ4n) is 2.21. The number of nitrogens with one attached hydrogen (secondary N) is 1. The van der Waals surface area contributed by atoms with E-state index in [2.05, 4.69) is 12.2 Å². The number of ether oxygens (including phenoxy) is 1. The van der Waals surface area contributed by atoms with Gasteiger partial charge in [0, 0.05) is 17.8 Å². The lowest BCUT2D eigenvalue weighted by Crippen LogP contribution is -2.13. The van der Waals surface area contributed by atoms with E-state index in [9.17, 15) is 20.2 Å². The summed E-state index contributed by atoms with van der Waals surface area (Å²) < 4.78 is 5.57. The molecule has 7 heteroatoms. The Hall–Kier alpha value is -3.66. The maximum absolute atomic E-state index is 12.3. The van der Waals surface area contributed by atoms with Crippen molar-refractivity contribution in [2.75, 3.05) is 11.9 Å². The van der Waals surface area contributed by atoms with E-state index in [0.29, 0.717) is 12.2 Å². The Bertz CT molecular complexity index is 883. The van der Waals surface area contributed by atoms with Gasteiger partial charge in [0.05, 0.1) is 11.5 Å². The van der Waals surface area contributed by atoms with Crippen LogP contribution in [0.1, 0.15) is 25.3 Å². The third-order valence-electron chi connectivity index (χ3n) is 3.64. The number of non-ortho nitro benzene ring substituents is 1. The molecule has 0 aliphatic heterocycles. The molecule has 0 bridgehead atoms. The number of rotatable bonds is 8. The Morgan fingerprint density at radius 3 is 2.67 bits per heavy atom. The van der Waals surface area contributed by atoms with Crippen LogP contribution >= 0.6 is 0 Å². The Morgan fingerprint density at radius 2 is 2.04 bits per heavy atom. The molecule has 0 atom stereocenters. The average molecular weight is 365 g/mol. The SMILES string of the molecule is CCCCOc1ccc(/C=C(\C#N)C(=O)Nc2cccc([N+](=O)[O-])c2)cc1. The van der Waals surface area contributed by atoms with Crippen LogP contribution in [0.4, 0.5) is 11.4 Å². The number of benzene rings is 2. The number of nitriles is 1. The zero-order valence-electron chi connectivity index (χ0n) is 14.8. The predicted molar refractivity (Wildman–Crippen MR) is 102 cm³/mol. The standard InChI is InChI=1S/C20H19N3O4/c1-2-3-11-27-19-9-7-15(8-10-19)12-16(14-21)20(24)22-17-5-4-6-18(13-17)23(25)26/h4-10,12-13H,2-3,11H2,1H3,(H,22,24)/b16-12+. The Balaban J connectivity index is 2.09. The van der Waals surface area contributed by atoms with Crippen molar-refractivity contribution in [2.24, 2.45) is 0 Å². The molecular weight excluding hydrogens is 346 g/mol. The summed E-state index contributed by atoms with van der Waals surface area (Å²) in [4.78, 5) is 22.5. The van der Waals surface area contributed by atoms with Gasteiger partial charge < -0.3 is 10.1 Å². The van der Waals surface area contributed by atoms with Crippen LogP contribution in [0.2, 0.25) is 0 Å². The molecule has 1 amide bonds. The fraction of sp³-hybridized carbons (Fsp3) is 0.200. The highest BCUT2D eigenvalue weighted by atomic mass is 16.6. The minimum atomic E-state index is -0.638. The summed E-state index contributed by atoms with van der Waals surface area (Å²) in [7, 11) is 0. The van der Waals surface area contributed by atoms with Crippen LogP contribution in [0, 0.1) is 21.4 Å². The van der Waals surface area contributed by atoms with Crippen molar-refractivity contribution in [3.8, 4) is 11.8 Å². The molecular formula is C20H19N3O4. The van der Waals surface area contributed by atoms with Crippen LogP contribution in [-0.4, -0.2) is 17.4 Å². The molecule has 0 saturated carbocycles. The number of nitro groups is 1. The Kier molecular flexibility index (Phi) is 7.08. The summed E-state index contributed by atoms with van der Waals surface area (Å²) in [6.45, 7) is 2.72. The van der Waals surface area contributed by atoms with Crippen molar-refractivity contribution in [1.29, 1.82) is 5.26 Å². The van der Waals surface area contributed by atoms with Gasteiger partial charge in [-0.3, -0.25) is 14.9 Å². The van der Waals surface area contributed by atoms with Gasteiger partial charge in [0.2, 0.25) is 0 Å². The van der Waals surface area contributed by atoms with Crippen LogP contribution in [0.25, 0.3) is 6.08 Å². The molecule has 0 aliphatic rings. The minimum absolute atomic E-state index is 0.110. The molecule has 0 saturated heterocycles. The van der Waals surface area contributed by atoms with Crippen molar-refractivity contribution in [1.82, 2.24) is 0 Å². The highest BCUT2D eigenvalue weighted by Crippen LogP contribution is 2.19. The number of nitro benzene ring substituents is 1. The lowest BCUT2D eigenvalue weighted by molar-refractivity contribution is -0.384. The van der Waals surface area contributed by atoms with Crippen LogP contribution < -0.4 is 10.1 Å². The minimum Gasteiger partial charge on any atom is -0.494 e. The van der Waals surface area contributed by atoms with Gasteiger partial charge in [0.25, 0.3) is 11.6 Å². The predicted octanol–water partition coefficient (Wildman–Crippen LogP) is 4.32. The largest absolute Gasteiger partial charge is 0.494 e. The van der Waals surface area contributed by atoms with Crippen molar-refractivity contribution >= 4 is 23.4 Å². The molecule has 2 aromatic carbocycles. The summed E-state index contributed by atoms with van der Waals surface area (Å²) in [5.74, 6) is 0.0847. The number of amides is 1. The van der Waals surface area contributed by atoms with Crippen LogP contribution in [0.5, 0.6) is 5.75 Å². The van der Waals surface area contributed by atoms with E-state index < -0.39 is 10.8 Å². The highest BCUT2D eigenvalue weighted by molar-refractivity contribution is 6.09. The molecule has 0 aliphatic carbocycles. The van der Waals surface area contributed by atoms with Gasteiger partial charge in [0.1, 0.15) is 17.4 Å². The summed E-state index contributed by atoms with van der Waals surface area (Å²) in [6, 6.07) is 14.4. The molecule has 1 N–H and O–H groups in total. The second-order valence-corrected chi connectivity index (χ2v) is 5.70. The van der Waals surface area contributed by atoms with Crippen molar-refractivity contribution < 1.29 is 14.5 Å². The zero-order chi connectivity index (χ0) is 19.6. The smallest absolute Gasteiger partial charge is 0.271 e. The topological polar surface area (TPSA) is 105 Å². The molecule has 0 radical (unpaired) electrons. The third kappa shape index (κ3) is 5.97. The second kappa shape index (κ2) is 9.73. The molecule has 0 fully saturated rings. The number of hydrogen-bond acceptors (Lipinski definition) is 5. The van der Waals surface area contributed by atoms with E-state index >= 15 is 0 Å². The van der Waals surface area contributed by atoms with Gasteiger partial charge in [-0.15, -0.1) is 0 Å². The molecule has 27 heavy (non-hydrogen) atoms. The maximum atomic E-state index is 12.3. The number of nitrogens with zero attached hydrogens (tertiary/aromatic N) is 2. The highest BCUT2D eigenvalue weighted by Gasteiger charge is 2.12. The van der Waals surface area contributed by atoms with E-state index in [1.54, 1.807) is 24.3 Å². The van der Waals surface area contributed by atoms with Gasteiger partial charge >= 0.3 is 0 Å². The van der Waals surface area contributed by atoms with E-state index in [1.807, 2.05) is 6.07 Å². The van der Waals surface area contributed by atoms with Crippen molar-refractivity contribution in [2.45, 2.75) is 19.8 Å². The summed E-state index contributed by atoms with van der Waals surface area (Å²) in [6.07, 6.45) is 3.46. The number of anilines is 1. The van der Waals surface area contributed by atoms with E-state index in [4.69, 9.17) is 4.74 Å². The summed E-state index contributed by atoms with van der Waals surface area (Å²) >= 11 is 0. The van der Waals surface area contributed by atoms with E-state index in [0.717, 1.165) is 18.6 Å². The van der Waals surface area contributed by atoms with Crippen LogP contribution in [0.15, 0.2) is 54.1 Å². The first kappa shape index (κ1) is 19.7. The lowest BCUT2D eigenvalue weighted by Gasteiger charge is -2.06. The number of carbonyl (C=O) groups is 1. The first-order valence-corrected chi connectivity index (χ1v) is 8.44. The Morgan fingerprint density at radius 1 is 1.30 bits per heavy atom. The quantitative estimate of drug-likeness (QED) is 0.247. The number of carbonyl (C=O) groups excluding carboxylic acids is 1. The molecule has 7 nitrogen and oxygen atoms in total.